The van der Waals surface area contributed by atoms with Crippen LogP contribution >= 0.6 is 11.3 Å². The Morgan fingerprint density at radius 2 is 2.20 bits per heavy atom. The number of hydrogen-bond acceptors (Lipinski definition) is 3. The Bertz CT molecular complexity index is 290. The van der Waals surface area contributed by atoms with Gasteiger partial charge in [-0.15, -0.1) is 11.3 Å². The SMILES string of the molecule is CCCCC(CC)(NC)c1nc(C)cs1. The number of aryl methyl sites for hydroxylation is 1. The molecule has 86 valence electrons. The van der Waals surface area contributed by atoms with Gasteiger partial charge >= 0.3 is 0 Å². The minimum atomic E-state index is 0.106. The van der Waals surface area contributed by atoms with Gasteiger partial charge in [0.05, 0.1) is 5.54 Å². The molecule has 0 amide bonds. The molecule has 0 aliphatic heterocycles. The van der Waals surface area contributed by atoms with E-state index in [9.17, 15) is 0 Å². The quantitative estimate of drug-likeness (QED) is 0.803. The van der Waals surface area contributed by atoms with Gasteiger partial charge in [-0.25, -0.2) is 4.98 Å². The van der Waals surface area contributed by atoms with Crippen molar-refractivity contribution in [2.24, 2.45) is 0 Å². The van der Waals surface area contributed by atoms with Gasteiger partial charge in [0, 0.05) is 11.1 Å². The lowest BCUT2D eigenvalue weighted by Gasteiger charge is -2.30. The second-order valence-corrected chi connectivity index (χ2v) is 4.94. The van der Waals surface area contributed by atoms with Crippen LogP contribution in [0.2, 0.25) is 0 Å². The van der Waals surface area contributed by atoms with Gasteiger partial charge in [0.15, 0.2) is 0 Å². The zero-order valence-electron chi connectivity index (χ0n) is 10.3. The monoisotopic (exact) mass is 226 g/mol. The summed E-state index contributed by atoms with van der Waals surface area (Å²) in [4.78, 5) is 4.63. The van der Waals surface area contributed by atoms with Gasteiger partial charge in [-0.2, -0.15) is 0 Å². The summed E-state index contributed by atoms with van der Waals surface area (Å²) < 4.78 is 0. The first kappa shape index (κ1) is 12.7. The van der Waals surface area contributed by atoms with Crippen LogP contribution in [0.1, 0.15) is 50.2 Å². The zero-order chi connectivity index (χ0) is 11.3. The molecule has 0 bridgehead atoms. The smallest absolute Gasteiger partial charge is 0.113 e. The van der Waals surface area contributed by atoms with Crippen LogP contribution in [-0.2, 0) is 5.54 Å². The van der Waals surface area contributed by atoms with Crippen molar-refractivity contribution < 1.29 is 0 Å². The van der Waals surface area contributed by atoms with E-state index >= 15 is 0 Å². The van der Waals surface area contributed by atoms with Crippen LogP contribution in [-0.4, -0.2) is 12.0 Å². The molecule has 0 radical (unpaired) electrons. The third-order valence-electron chi connectivity index (χ3n) is 3.07. The van der Waals surface area contributed by atoms with E-state index in [0.717, 1.165) is 12.1 Å². The molecular formula is C12H22N2S. The fourth-order valence-electron chi connectivity index (χ4n) is 1.90. The number of thiazole rings is 1. The van der Waals surface area contributed by atoms with Crippen LogP contribution < -0.4 is 5.32 Å². The Labute approximate surface area is 97.1 Å². The Morgan fingerprint density at radius 3 is 2.60 bits per heavy atom. The van der Waals surface area contributed by atoms with Gasteiger partial charge in [0.25, 0.3) is 0 Å². The average molecular weight is 226 g/mol. The van der Waals surface area contributed by atoms with Crippen LogP contribution in [0.3, 0.4) is 0 Å². The van der Waals surface area contributed by atoms with Crippen molar-refractivity contribution in [2.75, 3.05) is 7.05 Å². The van der Waals surface area contributed by atoms with E-state index in [0.29, 0.717) is 0 Å². The predicted molar refractivity (Wildman–Crippen MR) is 67.4 cm³/mol. The van der Waals surface area contributed by atoms with Gasteiger partial charge in [-0.3, -0.25) is 0 Å². The lowest BCUT2D eigenvalue weighted by molar-refractivity contribution is 0.310. The molecule has 0 aliphatic rings. The predicted octanol–water partition coefficient (Wildman–Crippen LogP) is 3.47. The van der Waals surface area contributed by atoms with Crippen LogP contribution in [0, 0.1) is 6.92 Å². The third kappa shape index (κ3) is 2.79. The molecule has 1 atom stereocenters. The first-order valence-electron chi connectivity index (χ1n) is 5.80. The molecule has 15 heavy (non-hydrogen) atoms. The topological polar surface area (TPSA) is 24.9 Å². The van der Waals surface area contributed by atoms with Crippen LogP contribution in [0.25, 0.3) is 0 Å². The van der Waals surface area contributed by atoms with Crippen molar-refractivity contribution in [1.29, 1.82) is 0 Å². The van der Waals surface area contributed by atoms with E-state index in [4.69, 9.17) is 0 Å². The Morgan fingerprint density at radius 1 is 1.47 bits per heavy atom. The first-order valence-corrected chi connectivity index (χ1v) is 6.68. The van der Waals surface area contributed by atoms with Crippen LogP contribution in [0.15, 0.2) is 5.38 Å². The van der Waals surface area contributed by atoms with Gasteiger partial charge in [0.2, 0.25) is 0 Å². The van der Waals surface area contributed by atoms with Gasteiger partial charge in [-0.05, 0) is 26.8 Å². The van der Waals surface area contributed by atoms with E-state index in [1.165, 1.54) is 24.3 Å². The number of nitrogens with one attached hydrogen (secondary N) is 1. The van der Waals surface area contributed by atoms with Crippen molar-refractivity contribution in [3.8, 4) is 0 Å². The normalized spacial score (nSPS) is 15.2. The zero-order valence-corrected chi connectivity index (χ0v) is 11.1. The highest BCUT2D eigenvalue weighted by atomic mass is 32.1. The molecule has 1 N–H and O–H groups in total. The molecule has 1 unspecified atom stereocenters. The first-order chi connectivity index (χ1) is 7.18. The Kier molecular flexibility index (Phi) is 4.74. The number of rotatable bonds is 6. The second-order valence-electron chi connectivity index (χ2n) is 4.08. The van der Waals surface area contributed by atoms with E-state index < -0.39 is 0 Å². The highest BCUT2D eigenvalue weighted by Gasteiger charge is 2.30. The number of aromatic nitrogens is 1. The van der Waals surface area contributed by atoms with Crippen LogP contribution in [0.5, 0.6) is 0 Å². The fraction of sp³-hybridized carbons (Fsp3) is 0.750. The third-order valence-corrected chi connectivity index (χ3v) is 4.23. The number of hydrogen-bond donors (Lipinski definition) is 1. The molecular weight excluding hydrogens is 204 g/mol. The Balaban J connectivity index is 2.88. The van der Waals surface area contributed by atoms with Gasteiger partial charge in [-0.1, -0.05) is 26.7 Å². The molecule has 0 aliphatic carbocycles. The molecule has 0 saturated heterocycles. The molecule has 0 spiro atoms. The Hall–Kier alpha value is -0.410. The lowest BCUT2D eigenvalue weighted by Crippen LogP contribution is -2.39. The number of unbranched alkanes of at least 4 members (excludes halogenated alkanes) is 1. The van der Waals surface area contributed by atoms with E-state index in [2.05, 4.69) is 43.5 Å². The average Bonchev–Trinajstić information content (AvgIpc) is 2.68. The highest BCUT2D eigenvalue weighted by Crippen LogP contribution is 2.32. The minimum absolute atomic E-state index is 0.106. The second kappa shape index (κ2) is 5.61. The molecule has 1 heterocycles. The summed E-state index contributed by atoms with van der Waals surface area (Å²) in [5, 5.41) is 6.87. The van der Waals surface area contributed by atoms with E-state index in [1.54, 1.807) is 11.3 Å². The van der Waals surface area contributed by atoms with E-state index in [-0.39, 0.29) is 5.54 Å². The maximum absolute atomic E-state index is 4.63. The van der Waals surface area contributed by atoms with Gasteiger partial charge in [0.1, 0.15) is 5.01 Å². The summed E-state index contributed by atoms with van der Waals surface area (Å²) in [6.07, 6.45) is 4.79. The van der Waals surface area contributed by atoms with Crippen molar-refractivity contribution in [2.45, 2.75) is 52.0 Å². The summed E-state index contributed by atoms with van der Waals surface area (Å²) in [5.41, 5.74) is 1.24. The summed E-state index contributed by atoms with van der Waals surface area (Å²) >= 11 is 1.78. The van der Waals surface area contributed by atoms with Crippen molar-refractivity contribution >= 4 is 11.3 Å². The summed E-state index contributed by atoms with van der Waals surface area (Å²) in [6.45, 7) is 6.54. The van der Waals surface area contributed by atoms with Gasteiger partial charge < -0.3 is 5.32 Å². The van der Waals surface area contributed by atoms with Crippen molar-refractivity contribution in [1.82, 2.24) is 10.3 Å². The molecule has 0 aromatic carbocycles. The summed E-state index contributed by atoms with van der Waals surface area (Å²) in [7, 11) is 2.05. The lowest BCUT2D eigenvalue weighted by atomic mass is 9.90. The standard InChI is InChI=1S/C12H22N2S/c1-5-7-8-12(6-2,13-4)11-14-10(3)9-15-11/h9,13H,5-8H2,1-4H3. The van der Waals surface area contributed by atoms with Crippen molar-refractivity contribution in [3.05, 3.63) is 16.1 Å². The fourth-order valence-corrected chi connectivity index (χ4v) is 3.00. The maximum atomic E-state index is 4.63. The molecule has 3 heteroatoms. The maximum Gasteiger partial charge on any atom is 0.113 e. The van der Waals surface area contributed by atoms with Crippen molar-refractivity contribution in [3.63, 3.8) is 0 Å². The number of nitrogens with zero attached hydrogens (tertiary/aromatic N) is 1. The molecule has 1 aromatic heterocycles. The molecule has 0 saturated carbocycles. The molecule has 1 aromatic rings. The minimum Gasteiger partial charge on any atom is -0.308 e. The highest BCUT2D eigenvalue weighted by molar-refractivity contribution is 7.09. The molecule has 0 fully saturated rings. The van der Waals surface area contributed by atoms with E-state index in [1.807, 2.05) is 0 Å². The molecule has 2 nitrogen and oxygen atoms in total. The van der Waals surface area contributed by atoms with Crippen LogP contribution in [0.4, 0.5) is 0 Å². The summed E-state index contributed by atoms with van der Waals surface area (Å²) in [5.74, 6) is 0. The molecule has 1 rings (SSSR count). The summed E-state index contributed by atoms with van der Waals surface area (Å²) in [6, 6.07) is 0. The largest absolute Gasteiger partial charge is 0.308 e.